The summed E-state index contributed by atoms with van der Waals surface area (Å²) < 4.78 is 10.5. The van der Waals surface area contributed by atoms with Gasteiger partial charge in [0, 0.05) is 0 Å². The zero-order valence-corrected chi connectivity index (χ0v) is 8.86. The number of hydrogen-bond acceptors (Lipinski definition) is 3. The molecule has 0 fully saturated rings. The van der Waals surface area contributed by atoms with E-state index in [2.05, 4.69) is 6.07 Å². The Hall–Kier alpha value is -1.69. The Balaban J connectivity index is 2.34. The summed E-state index contributed by atoms with van der Waals surface area (Å²) in [5, 5.41) is 9.08. The second-order valence-corrected chi connectivity index (χ2v) is 3.96. The van der Waals surface area contributed by atoms with Gasteiger partial charge in [-0.25, -0.2) is 0 Å². The molecule has 78 valence electrons. The maximum atomic E-state index is 9.08. The molecule has 0 saturated carbocycles. The van der Waals surface area contributed by atoms with Crippen LogP contribution in [0.25, 0.3) is 0 Å². The van der Waals surface area contributed by atoms with E-state index in [1.807, 2.05) is 32.0 Å². The fourth-order valence-corrected chi connectivity index (χ4v) is 1.72. The number of nitriles is 1. The maximum absolute atomic E-state index is 9.08. The van der Waals surface area contributed by atoms with Crippen LogP contribution in [0, 0.1) is 17.2 Å². The zero-order valence-electron chi connectivity index (χ0n) is 8.86. The average Bonchev–Trinajstić information content (AvgIpc) is 2.65. The molecule has 1 unspecified atom stereocenters. The van der Waals surface area contributed by atoms with Gasteiger partial charge in [-0.3, -0.25) is 0 Å². The van der Waals surface area contributed by atoms with E-state index in [1.54, 1.807) is 0 Å². The van der Waals surface area contributed by atoms with E-state index in [0.717, 1.165) is 17.1 Å². The lowest BCUT2D eigenvalue weighted by Crippen LogP contribution is -2.03. The van der Waals surface area contributed by atoms with Gasteiger partial charge in [-0.15, -0.1) is 0 Å². The van der Waals surface area contributed by atoms with Crippen LogP contribution in [-0.4, -0.2) is 6.79 Å². The molecule has 1 atom stereocenters. The zero-order chi connectivity index (χ0) is 10.8. The van der Waals surface area contributed by atoms with Crippen LogP contribution in [0.3, 0.4) is 0 Å². The first-order chi connectivity index (χ1) is 7.22. The fourth-order valence-electron chi connectivity index (χ4n) is 1.72. The molecule has 1 aromatic rings. The summed E-state index contributed by atoms with van der Waals surface area (Å²) in [5.74, 6) is 1.72. The van der Waals surface area contributed by atoms with Crippen molar-refractivity contribution in [2.24, 2.45) is 5.92 Å². The molecule has 1 aromatic carbocycles. The molecule has 1 aliphatic rings. The van der Waals surface area contributed by atoms with E-state index < -0.39 is 0 Å². The Morgan fingerprint density at radius 3 is 2.67 bits per heavy atom. The van der Waals surface area contributed by atoms with E-state index in [1.165, 1.54) is 0 Å². The van der Waals surface area contributed by atoms with Crippen molar-refractivity contribution in [3.8, 4) is 17.6 Å². The van der Waals surface area contributed by atoms with Crippen molar-refractivity contribution in [2.75, 3.05) is 6.79 Å². The summed E-state index contributed by atoms with van der Waals surface area (Å²) in [4.78, 5) is 0. The topological polar surface area (TPSA) is 42.2 Å². The number of rotatable bonds is 2. The van der Waals surface area contributed by atoms with Crippen molar-refractivity contribution < 1.29 is 9.47 Å². The van der Waals surface area contributed by atoms with E-state index in [0.29, 0.717) is 5.92 Å². The van der Waals surface area contributed by atoms with E-state index in [-0.39, 0.29) is 12.7 Å². The van der Waals surface area contributed by atoms with Gasteiger partial charge in [-0.05, 0) is 23.6 Å². The van der Waals surface area contributed by atoms with Crippen LogP contribution in [0.5, 0.6) is 11.5 Å². The van der Waals surface area contributed by atoms with Crippen molar-refractivity contribution in [3.05, 3.63) is 23.8 Å². The van der Waals surface area contributed by atoms with E-state index >= 15 is 0 Å². The minimum absolute atomic E-state index is 0.0838. The number of fused-ring (bicyclic) bond motifs is 1. The predicted octanol–water partition coefficient (Wildman–Crippen LogP) is 2.68. The molecule has 3 nitrogen and oxygen atoms in total. The summed E-state index contributed by atoms with van der Waals surface area (Å²) in [6.07, 6.45) is 0. The van der Waals surface area contributed by atoms with Gasteiger partial charge < -0.3 is 9.47 Å². The Morgan fingerprint density at radius 2 is 2.00 bits per heavy atom. The lowest BCUT2D eigenvalue weighted by Gasteiger charge is -2.13. The summed E-state index contributed by atoms with van der Waals surface area (Å²) in [5.41, 5.74) is 0.997. The van der Waals surface area contributed by atoms with Crippen LogP contribution in [0.4, 0.5) is 0 Å². The number of benzene rings is 1. The van der Waals surface area contributed by atoms with E-state index in [4.69, 9.17) is 14.7 Å². The summed E-state index contributed by atoms with van der Waals surface area (Å²) in [7, 11) is 0. The second-order valence-electron chi connectivity index (χ2n) is 3.96. The molecule has 15 heavy (non-hydrogen) atoms. The van der Waals surface area contributed by atoms with Gasteiger partial charge in [0.15, 0.2) is 11.5 Å². The molecule has 1 heterocycles. The van der Waals surface area contributed by atoms with Gasteiger partial charge >= 0.3 is 0 Å². The predicted molar refractivity (Wildman–Crippen MR) is 55.8 cm³/mol. The molecule has 2 rings (SSSR count). The minimum Gasteiger partial charge on any atom is -0.454 e. The molecule has 0 aromatic heterocycles. The molecule has 0 amide bonds. The van der Waals surface area contributed by atoms with Gasteiger partial charge in [0.1, 0.15) is 0 Å². The molecule has 0 aliphatic carbocycles. The molecule has 0 bridgehead atoms. The highest BCUT2D eigenvalue weighted by molar-refractivity contribution is 5.46. The van der Waals surface area contributed by atoms with Crippen molar-refractivity contribution in [2.45, 2.75) is 19.8 Å². The number of hydrogen-bond donors (Lipinski definition) is 0. The van der Waals surface area contributed by atoms with Gasteiger partial charge in [0.2, 0.25) is 6.79 Å². The van der Waals surface area contributed by atoms with Gasteiger partial charge in [0.25, 0.3) is 0 Å². The Morgan fingerprint density at radius 1 is 1.27 bits per heavy atom. The smallest absolute Gasteiger partial charge is 0.231 e. The van der Waals surface area contributed by atoms with Crippen molar-refractivity contribution >= 4 is 0 Å². The van der Waals surface area contributed by atoms with E-state index in [9.17, 15) is 0 Å². The summed E-state index contributed by atoms with van der Waals surface area (Å²) >= 11 is 0. The molecule has 0 spiro atoms. The van der Waals surface area contributed by atoms with Gasteiger partial charge in [-0.2, -0.15) is 5.26 Å². The third-order valence-corrected chi connectivity index (χ3v) is 2.56. The highest BCUT2D eigenvalue weighted by Crippen LogP contribution is 2.36. The lowest BCUT2D eigenvalue weighted by molar-refractivity contribution is 0.174. The second kappa shape index (κ2) is 3.82. The molecule has 0 saturated heterocycles. The van der Waals surface area contributed by atoms with Crippen molar-refractivity contribution in [3.63, 3.8) is 0 Å². The Labute approximate surface area is 89.2 Å². The fraction of sp³-hybridized carbons (Fsp3) is 0.417. The maximum Gasteiger partial charge on any atom is 0.231 e. The SMILES string of the molecule is CC(C)C(C#N)c1ccc2c(c1)OCO2. The van der Waals surface area contributed by atoms with Crippen molar-refractivity contribution in [1.82, 2.24) is 0 Å². The van der Waals surface area contributed by atoms with Crippen LogP contribution in [0.2, 0.25) is 0 Å². The molecule has 0 N–H and O–H groups in total. The standard InChI is InChI=1S/C12H13NO2/c1-8(2)10(6-13)9-3-4-11-12(5-9)15-7-14-11/h3-5,8,10H,7H2,1-2H3. The summed E-state index contributed by atoms with van der Waals surface area (Å²) in [6.45, 7) is 4.36. The van der Waals surface area contributed by atoms with Crippen LogP contribution < -0.4 is 9.47 Å². The van der Waals surface area contributed by atoms with Crippen LogP contribution >= 0.6 is 0 Å². The molecule has 3 heteroatoms. The number of nitrogens with zero attached hydrogens (tertiary/aromatic N) is 1. The molecule has 1 aliphatic heterocycles. The van der Waals surface area contributed by atoms with Crippen molar-refractivity contribution in [1.29, 1.82) is 5.26 Å². The molecular formula is C12H13NO2. The Kier molecular flexibility index (Phi) is 2.51. The number of ether oxygens (including phenoxy) is 2. The molecule has 0 radical (unpaired) electrons. The Bertz CT molecular complexity index is 407. The quantitative estimate of drug-likeness (QED) is 0.742. The van der Waals surface area contributed by atoms with Gasteiger partial charge in [0.05, 0.1) is 12.0 Å². The average molecular weight is 203 g/mol. The third-order valence-electron chi connectivity index (χ3n) is 2.56. The summed E-state index contributed by atoms with van der Waals surface area (Å²) in [6, 6.07) is 8.01. The minimum atomic E-state index is -0.0838. The first-order valence-corrected chi connectivity index (χ1v) is 5.01. The normalized spacial score (nSPS) is 15.1. The van der Waals surface area contributed by atoms with Gasteiger partial charge in [-0.1, -0.05) is 19.9 Å². The highest BCUT2D eigenvalue weighted by atomic mass is 16.7. The lowest BCUT2D eigenvalue weighted by atomic mass is 9.90. The third kappa shape index (κ3) is 1.75. The monoisotopic (exact) mass is 203 g/mol. The first kappa shape index (κ1) is 9.85. The largest absolute Gasteiger partial charge is 0.454 e. The highest BCUT2D eigenvalue weighted by Gasteiger charge is 2.19. The molecular weight excluding hydrogens is 190 g/mol. The van der Waals surface area contributed by atoms with Crippen LogP contribution in [0.15, 0.2) is 18.2 Å². The first-order valence-electron chi connectivity index (χ1n) is 5.01. The van der Waals surface area contributed by atoms with Crippen LogP contribution in [-0.2, 0) is 0 Å². The van der Waals surface area contributed by atoms with Crippen LogP contribution in [0.1, 0.15) is 25.3 Å².